The van der Waals surface area contributed by atoms with Gasteiger partial charge in [-0.25, -0.2) is 0 Å². The number of nitrogens with one attached hydrogen (secondary N) is 1. The lowest BCUT2D eigenvalue weighted by Gasteiger charge is -2.22. The highest BCUT2D eigenvalue weighted by molar-refractivity contribution is 5.96. The molecule has 1 heterocycles. The van der Waals surface area contributed by atoms with E-state index in [4.69, 9.17) is 24.7 Å². The minimum atomic E-state index is -0.582. The first kappa shape index (κ1) is 21.6. The van der Waals surface area contributed by atoms with Crippen molar-refractivity contribution >= 4 is 17.5 Å². The Balaban J connectivity index is 1.56. The maximum Gasteiger partial charge on any atom is 0.248 e. The number of rotatable bonds is 9. The van der Waals surface area contributed by atoms with E-state index in [0.29, 0.717) is 36.1 Å². The van der Waals surface area contributed by atoms with Crippen LogP contribution in [0.4, 0.5) is 5.69 Å². The van der Waals surface area contributed by atoms with Gasteiger partial charge in [-0.15, -0.1) is 0 Å². The van der Waals surface area contributed by atoms with E-state index in [1.165, 1.54) is 19.1 Å². The standard InChI is InChI=1S/C22H26N2O6/c1-15(25)24-20-7-2-16(22(23)26)14-21(20)30-19-5-3-17(4-6-19)28-12-13-29-18-8-10-27-11-9-18/h2-7,14,18H,8-13H2,1H3,(H2,23,26)(H,24,25). The van der Waals surface area contributed by atoms with Crippen molar-refractivity contribution < 1.29 is 28.5 Å². The molecule has 8 nitrogen and oxygen atoms in total. The minimum absolute atomic E-state index is 0.243. The number of anilines is 1. The van der Waals surface area contributed by atoms with Gasteiger partial charge in [-0.3, -0.25) is 9.59 Å². The van der Waals surface area contributed by atoms with Crippen LogP contribution in [0.5, 0.6) is 17.2 Å². The van der Waals surface area contributed by atoms with Crippen LogP contribution in [-0.4, -0.2) is 44.3 Å². The van der Waals surface area contributed by atoms with Crippen LogP contribution >= 0.6 is 0 Å². The van der Waals surface area contributed by atoms with Gasteiger partial charge in [-0.1, -0.05) is 0 Å². The zero-order chi connectivity index (χ0) is 21.3. The summed E-state index contributed by atoms with van der Waals surface area (Å²) in [5.74, 6) is 0.694. The van der Waals surface area contributed by atoms with Gasteiger partial charge in [-0.05, 0) is 55.3 Å². The van der Waals surface area contributed by atoms with Crippen LogP contribution in [-0.2, 0) is 14.3 Å². The molecular formula is C22H26N2O6. The third-order valence-corrected chi connectivity index (χ3v) is 4.50. The van der Waals surface area contributed by atoms with Crippen molar-refractivity contribution in [1.29, 1.82) is 0 Å². The van der Waals surface area contributed by atoms with E-state index in [1.807, 2.05) is 0 Å². The van der Waals surface area contributed by atoms with Crippen molar-refractivity contribution in [1.82, 2.24) is 0 Å². The van der Waals surface area contributed by atoms with E-state index in [9.17, 15) is 9.59 Å². The summed E-state index contributed by atoms with van der Waals surface area (Å²) in [6, 6.07) is 11.6. The Kier molecular flexibility index (Phi) is 7.64. The van der Waals surface area contributed by atoms with Gasteiger partial charge in [0.25, 0.3) is 0 Å². The van der Waals surface area contributed by atoms with Gasteiger partial charge < -0.3 is 30.0 Å². The van der Waals surface area contributed by atoms with E-state index in [1.54, 1.807) is 30.3 Å². The number of amides is 2. The molecule has 0 saturated carbocycles. The topological polar surface area (TPSA) is 109 Å². The van der Waals surface area contributed by atoms with Crippen molar-refractivity contribution in [3.8, 4) is 17.2 Å². The molecule has 160 valence electrons. The molecule has 1 aliphatic rings. The highest BCUT2D eigenvalue weighted by Gasteiger charge is 2.14. The maximum absolute atomic E-state index is 11.5. The maximum atomic E-state index is 11.5. The second-order valence-electron chi connectivity index (χ2n) is 6.86. The fourth-order valence-corrected chi connectivity index (χ4v) is 3.00. The second kappa shape index (κ2) is 10.6. The summed E-state index contributed by atoms with van der Waals surface area (Å²) < 4.78 is 22.6. The number of benzene rings is 2. The number of primary amides is 1. The fourth-order valence-electron chi connectivity index (χ4n) is 3.00. The fraction of sp³-hybridized carbons (Fsp3) is 0.364. The number of carbonyl (C=O) groups excluding carboxylic acids is 2. The SMILES string of the molecule is CC(=O)Nc1ccc(C(N)=O)cc1Oc1ccc(OCCOC2CCOCC2)cc1. The van der Waals surface area contributed by atoms with E-state index < -0.39 is 5.91 Å². The molecule has 1 saturated heterocycles. The van der Waals surface area contributed by atoms with Crippen molar-refractivity contribution in [3.63, 3.8) is 0 Å². The first-order chi connectivity index (χ1) is 14.5. The smallest absolute Gasteiger partial charge is 0.248 e. The van der Waals surface area contributed by atoms with Crippen LogP contribution in [0.1, 0.15) is 30.1 Å². The number of nitrogens with two attached hydrogens (primary N) is 1. The predicted molar refractivity (Wildman–Crippen MR) is 111 cm³/mol. The number of hydrogen-bond acceptors (Lipinski definition) is 6. The van der Waals surface area contributed by atoms with Crippen LogP contribution in [0.25, 0.3) is 0 Å². The molecule has 2 amide bonds. The Morgan fingerprint density at radius 2 is 1.77 bits per heavy atom. The lowest BCUT2D eigenvalue weighted by atomic mass is 10.1. The van der Waals surface area contributed by atoms with E-state index in [-0.39, 0.29) is 17.6 Å². The number of carbonyl (C=O) groups is 2. The van der Waals surface area contributed by atoms with E-state index >= 15 is 0 Å². The quantitative estimate of drug-likeness (QED) is 0.610. The number of hydrogen-bond donors (Lipinski definition) is 2. The highest BCUT2D eigenvalue weighted by Crippen LogP contribution is 2.31. The number of ether oxygens (including phenoxy) is 4. The van der Waals surface area contributed by atoms with Crippen molar-refractivity contribution in [3.05, 3.63) is 48.0 Å². The van der Waals surface area contributed by atoms with Crippen LogP contribution in [0, 0.1) is 0 Å². The van der Waals surface area contributed by atoms with Crippen LogP contribution < -0.4 is 20.5 Å². The van der Waals surface area contributed by atoms with Crippen molar-refractivity contribution in [2.45, 2.75) is 25.9 Å². The first-order valence-corrected chi connectivity index (χ1v) is 9.83. The average Bonchev–Trinajstić information content (AvgIpc) is 2.74. The predicted octanol–water partition coefficient (Wildman–Crippen LogP) is 3.11. The molecule has 0 radical (unpaired) electrons. The molecule has 0 atom stereocenters. The van der Waals surface area contributed by atoms with E-state index in [2.05, 4.69) is 5.32 Å². The van der Waals surface area contributed by atoms with Gasteiger partial charge in [0.1, 0.15) is 18.1 Å². The Morgan fingerprint density at radius 1 is 1.07 bits per heavy atom. The molecule has 0 bridgehead atoms. The Hall–Kier alpha value is -3.10. The summed E-state index contributed by atoms with van der Waals surface area (Å²) in [6.07, 6.45) is 2.08. The Bertz CT molecular complexity index is 862. The molecule has 1 aliphatic heterocycles. The Labute approximate surface area is 175 Å². The monoisotopic (exact) mass is 414 g/mol. The van der Waals surface area contributed by atoms with Crippen LogP contribution in [0.2, 0.25) is 0 Å². The van der Waals surface area contributed by atoms with Crippen molar-refractivity contribution in [2.24, 2.45) is 5.73 Å². The third-order valence-electron chi connectivity index (χ3n) is 4.50. The summed E-state index contributed by atoms with van der Waals surface area (Å²) in [5.41, 5.74) is 6.06. The summed E-state index contributed by atoms with van der Waals surface area (Å²) in [6.45, 7) is 3.86. The minimum Gasteiger partial charge on any atom is -0.491 e. The van der Waals surface area contributed by atoms with Crippen molar-refractivity contribution in [2.75, 3.05) is 31.7 Å². The molecule has 30 heavy (non-hydrogen) atoms. The molecule has 0 spiro atoms. The molecule has 0 aliphatic carbocycles. The summed E-state index contributed by atoms with van der Waals surface area (Å²) >= 11 is 0. The molecule has 2 aromatic carbocycles. The molecule has 3 rings (SSSR count). The summed E-state index contributed by atoms with van der Waals surface area (Å²) in [4.78, 5) is 22.9. The third kappa shape index (κ3) is 6.47. The Morgan fingerprint density at radius 3 is 2.43 bits per heavy atom. The summed E-state index contributed by atoms with van der Waals surface area (Å²) in [7, 11) is 0. The molecule has 3 N–H and O–H groups in total. The van der Waals surface area contributed by atoms with Gasteiger partial charge in [0.2, 0.25) is 11.8 Å². The van der Waals surface area contributed by atoms with Gasteiger partial charge in [0.15, 0.2) is 5.75 Å². The van der Waals surface area contributed by atoms with Crippen LogP contribution in [0.3, 0.4) is 0 Å². The molecule has 1 fully saturated rings. The molecule has 0 aromatic heterocycles. The van der Waals surface area contributed by atoms with Gasteiger partial charge in [0, 0.05) is 25.7 Å². The summed E-state index contributed by atoms with van der Waals surface area (Å²) in [5, 5.41) is 2.67. The largest absolute Gasteiger partial charge is 0.491 e. The first-order valence-electron chi connectivity index (χ1n) is 9.83. The lowest BCUT2D eigenvalue weighted by Crippen LogP contribution is -2.25. The average molecular weight is 414 g/mol. The zero-order valence-electron chi connectivity index (χ0n) is 16.9. The molecular weight excluding hydrogens is 388 g/mol. The second-order valence-corrected chi connectivity index (χ2v) is 6.86. The molecule has 2 aromatic rings. The van der Waals surface area contributed by atoms with Gasteiger partial charge in [0.05, 0.1) is 18.4 Å². The highest BCUT2D eigenvalue weighted by atomic mass is 16.5. The van der Waals surface area contributed by atoms with Gasteiger partial charge in [-0.2, -0.15) is 0 Å². The molecule has 0 unspecified atom stereocenters. The lowest BCUT2D eigenvalue weighted by molar-refractivity contribution is -0.114. The van der Waals surface area contributed by atoms with Crippen LogP contribution in [0.15, 0.2) is 42.5 Å². The van der Waals surface area contributed by atoms with E-state index in [0.717, 1.165) is 26.1 Å². The molecule has 8 heteroatoms. The zero-order valence-corrected chi connectivity index (χ0v) is 16.9. The normalized spacial score (nSPS) is 14.2. The van der Waals surface area contributed by atoms with Gasteiger partial charge >= 0.3 is 0 Å².